The summed E-state index contributed by atoms with van der Waals surface area (Å²) in [5.41, 5.74) is 4.65. The van der Waals surface area contributed by atoms with Crippen molar-refractivity contribution in [3.63, 3.8) is 0 Å². The van der Waals surface area contributed by atoms with E-state index in [0.717, 1.165) is 27.7 Å². The Hall–Kier alpha value is -3.21. The minimum absolute atomic E-state index is 0.108. The summed E-state index contributed by atoms with van der Waals surface area (Å²) < 4.78 is 8.15. The quantitative estimate of drug-likeness (QED) is 0.296. The molecule has 0 radical (unpaired) electrons. The molecule has 5 aromatic rings. The maximum absolute atomic E-state index is 13.7. The van der Waals surface area contributed by atoms with Gasteiger partial charge in [0.1, 0.15) is 0 Å². The van der Waals surface area contributed by atoms with Crippen LogP contribution in [0.4, 0.5) is 11.6 Å². The first kappa shape index (κ1) is 20.7. The fraction of sp³-hybridized carbons (Fsp3) is 0.115. The van der Waals surface area contributed by atoms with Crippen LogP contribution in [0.15, 0.2) is 75.9 Å². The van der Waals surface area contributed by atoms with Crippen molar-refractivity contribution < 1.29 is 4.42 Å². The lowest BCUT2D eigenvalue weighted by Gasteiger charge is -2.10. The summed E-state index contributed by atoms with van der Waals surface area (Å²) in [5, 5.41) is 5.66. The number of aromatic nitrogens is 1. The molecule has 0 spiro atoms. The SMILES string of the molecule is CCn1c(=O)c2c(-c3ccc(Cl)c(Cl)c3)c(Nc3ccccc3C)oc2c2ccccc21. The van der Waals surface area contributed by atoms with Gasteiger partial charge < -0.3 is 14.3 Å². The van der Waals surface area contributed by atoms with Crippen LogP contribution in [0.1, 0.15) is 12.5 Å². The van der Waals surface area contributed by atoms with Gasteiger partial charge >= 0.3 is 0 Å². The Morgan fingerprint density at radius 1 is 0.969 bits per heavy atom. The summed E-state index contributed by atoms with van der Waals surface area (Å²) in [6, 6.07) is 21.1. The molecule has 0 aliphatic rings. The van der Waals surface area contributed by atoms with Crippen molar-refractivity contribution in [3.8, 4) is 11.1 Å². The molecule has 4 nitrogen and oxygen atoms in total. The number of hydrogen-bond acceptors (Lipinski definition) is 3. The average molecular weight is 463 g/mol. The zero-order valence-electron chi connectivity index (χ0n) is 17.6. The summed E-state index contributed by atoms with van der Waals surface area (Å²) in [6.07, 6.45) is 0. The number of nitrogens with zero attached hydrogens (tertiary/aromatic N) is 1. The standard InChI is InChI=1S/C26H20Cl2N2O2/c1-3-30-21-11-7-5-9-17(21)24-23(26(30)31)22(16-12-13-18(27)19(28)14-16)25(32-24)29-20-10-6-4-8-15(20)2/h4-14,29H,3H2,1-2H3. The molecule has 0 bridgehead atoms. The molecule has 2 aromatic heterocycles. The highest BCUT2D eigenvalue weighted by atomic mass is 35.5. The zero-order chi connectivity index (χ0) is 22.4. The number of rotatable bonds is 4. The van der Waals surface area contributed by atoms with E-state index in [0.29, 0.717) is 39.0 Å². The molecule has 0 atom stereocenters. The lowest BCUT2D eigenvalue weighted by Crippen LogP contribution is -2.19. The minimum atomic E-state index is -0.108. The van der Waals surface area contributed by atoms with Crippen LogP contribution in [0, 0.1) is 6.92 Å². The number of aryl methyl sites for hydroxylation is 2. The molecular weight excluding hydrogens is 443 g/mol. The largest absolute Gasteiger partial charge is 0.439 e. The van der Waals surface area contributed by atoms with E-state index in [1.165, 1.54) is 0 Å². The Kier molecular flexibility index (Phi) is 5.20. The molecule has 3 aromatic carbocycles. The van der Waals surface area contributed by atoms with Gasteiger partial charge in [-0.3, -0.25) is 4.79 Å². The first-order valence-electron chi connectivity index (χ1n) is 10.4. The minimum Gasteiger partial charge on any atom is -0.439 e. The molecule has 0 fully saturated rings. The first-order valence-corrected chi connectivity index (χ1v) is 11.1. The van der Waals surface area contributed by atoms with E-state index in [1.807, 2.05) is 68.4 Å². The summed E-state index contributed by atoms with van der Waals surface area (Å²) in [5.74, 6) is 0.490. The molecule has 6 heteroatoms. The second-order valence-corrected chi connectivity index (χ2v) is 8.46. The molecule has 0 unspecified atom stereocenters. The molecule has 0 amide bonds. The van der Waals surface area contributed by atoms with Crippen LogP contribution < -0.4 is 10.9 Å². The number of fused-ring (bicyclic) bond motifs is 3. The summed E-state index contributed by atoms with van der Waals surface area (Å²) in [7, 11) is 0. The van der Waals surface area contributed by atoms with Crippen molar-refractivity contribution >= 4 is 56.6 Å². The lowest BCUT2D eigenvalue weighted by atomic mass is 10.0. The molecule has 0 saturated carbocycles. The Bertz CT molecular complexity index is 1550. The molecule has 32 heavy (non-hydrogen) atoms. The third-order valence-electron chi connectivity index (χ3n) is 5.72. The van der Waals surface area contributed by atoms with Gasteiger partial charge in [0.15, 0.2) is 5.58 Å². The van der Waals surface area contributed by atoms with E-state index in [4.69, 9.17) is 27.6 Å². The normalized spacial score (nSPS) is 11.4. The summed E-state index contributed by atoms with van der Waals surface area (Å²) in [6.45, 7) is 4.52. The second-order valence-electron chi connectivity index (χ2n) is 7.65. The highest BCUT2D eigenvalue weighted by Gasteiger charge is 2.24. The van der Waals surface area contributed by atoms with Gasteiger partial charge in [0, 0.05) is 17.6 Å². The Labute approximate surface area is 195 Å². The van der Waals surface area contributed by atoms with Gasteiger partial charge in [-0.25, -0.2) is 0 Å². The van der Waals surface area contributed by atoms with Crippen LogP contribution >= 0.6 is 23.2 Å². The number of halogens is 2. The van der Waals surface area contributed by atoms with E-state index in [1.54, 1.807) is 16.7 Å². The Morgan fingerprint density at radius 3 is 2.47 bits per heavy atom. The van der Waals surface area contributed by atoms with Crippen molar-refractivity contribution in [2.75, 3.05) is 5.32 Å². The van der Waals surface area contributed by atoms with Crippen LogP contribution in [-0.4, -0.2) is 4.57 Å². The van der Waals surface area contributed by atoms with Crippen molar-refractivity contribution in [3.05, 3.63) is 92.7 Å². The van der Waals surface area contributed by atoms with E-state index < -0.39 is 0 Å². The maximum atomic E-state index is 13.7. The lowest BCUT2D eigenvalue weighted by molar-refractivity contribution is 0.637. The predicted molar refractivity (Wildman–Crippen MR) is 134 cm³/mol. The van der Waals surface area contributed by atoms with E-state index in [2.05, 4.69) is 5.32 Å². The first-order chi connectivity index (χ1) is 15.5. The summed E-state index contributed by atoms with van der Waals surface area (Å²) >= 11 is 12.5. The molecule has 0 aliphatic heterocycles. The number of benzene rings is 3. The van der Waals surface area contributed by atoms with Crippen molar-refractivity contribution in [2.45, 2.75) is 20.4 Å². The fourth-order valence-corrected chi connectivity index (χ4v) is 4.43. The van der Waals surface area contributed by atoms with Crippen LogP contribution in [0.3, 0.4) is 0 Å². The number of nitrogens with one attached hydrogen (secondary N) is 1. The molecule has 0 aliphatic carbocycles. The van der Waals surface area contributed by atoms with Crippen LogP contribution in [0.2, 0.25) is 10.0 Å². The van der Waals surface area contributed by atoms with Crippen molar-refractivity contribution in [1.29, 1.82) is 0 Å². The number of furan rings is 1. The fourth-order valence-electron chi connectivity index (χ4n) is 4.13. The van der Waals surface area contributed by atoms with E-state index >= 15 is 0 Å². The Balaban J connectivity index is 1.91. The van der Waals surface area contributed by atoms with Crippen LogP contribution in [0.5, 0.6) is 0 Å². The topological polar surface area (TPSA) is 47.2 Å². The van der Waals surface area contributed by atoms with Gasteiger partial charge in [0.05, 0.1) is 26.5 Å². The highest BCUT2D eigenvalue weighted by molar-refractivity contribution is 6.42. The maximum Gasteiger partial charge on any atom is 0.262 e. The van der Waals surface area contributed by atoms with Gasteiger partial charge in [-0.15, -0.1) is 0 Å². The molecule has 160 valence electrons. The van der Waals surface area contributed by atoms with Gasteiger partial charge in [-0.1, -0.05) is 59.6 Å². The van der Waals surface area contributed by atoms with Crippen molar-refractivity contribution in [2.24, 2.45) is 0 Å². The van der Waals surface area contributed by atoms with E-state index in [-0.39, 0.29) is 5.56 Å². The number of hydrogen-bond donors (Lipinski definition) is 1. The number of pyridine rings is 1. The third kappa shape index (κ3) is 3.27. The highest BCUT2D eigenvalue weighted by Crippen LogP contribution is 2.42. The zero-order valence-corrected chi connectivity index (χ0v) is 19.1. The number of anilines is 2. The van der Waals surface area contributed by atoms with Crippen molar-refractivity contribution in [1.82, 2.24) is 4.57 Å². The van der Waals surface area contributed by atoms with E-state index in [9.17, 15) is 4.79 Å². The summed E-state index contributed by atoms with van der Waals surface area (Å²) in [4.78, 5) is 13.7. The molecular formula is C26H20Cl2N2O2. The van der Waals surface area contributed by atoms with Crippen LogP contribution in [0.25, 0.3) is 33.0 Å². The molecule has 1 N–H and O–H groups in total. The van der Waals surface area contributed by atoms with Crippen LogP contribution in [-0.2, 0) is 6.54 Å². The van der Waals surface area contributed by atoms with Gasteiger partial charge in [-0.05, 0) is 55.3 Å². The number of para-hydroxylation sites is 2. The molecule has 0 saturated heterocycles. The predicted octanol–water partition coefficient (Wildman–Crippen LogP) is 7.79. The third-order valence-corrected chi connectivity index (χ3v) is 6.46. The monoisotopic (exact) mass is 462 g/mol. The molecule has 5 rings (SSSR count). The second kappa shape index (κ2) is 8.05. The smallest absolute Gasteiger partial charge is 0.262 e. The molecule has 2 heterocycles. The Morgan fingerprint density at radius 2 is 1.72 bits per heavy atom. The average Bonchev–Trinajstić information content (AvgIpc) is 3.17. The van der Waals surface area contributed by atoms with Gasteiger partial charge in [0.25, 0.3) is 5.56 Å². The van der Waals surface area contributed by atoms with Gasteiger partial charge in [-0.2, -0.15) is 0 Å². The van der Waals surface area contributed by atoms with Gasteiger partial charge in [0.2, 0.25) is 5.88 Å².